The van der Waals surface area contributed by atoms with Crippen molar-refractivity contribution in [3.63, 3.8) is 0 Å². The molecule has 3 rings (SSSR count). The molecule has 0 saturated carbocycles. The van der Waals surface area contributed by atoms with Crippen molar-refractivity contribution in [1.82, 2.24) is 4.98 Å². The Kier molecular flexibility index (Phi) is 3.17. The van der Waals surface area contributed by atoms with Gasteiger partial charge < -0.3 is 4.74 Å². The van der Waals surface area contributed by atoms with E-state index in [2.05, 4.69) is 10.4 Å². The maximum Gasteiger partial charge on any atom is 0.138 e. The number of benzene rings is 1. The molecule has 0 amide bonds. The van der Waals surface area contributed by atoms with Gasteiger partial charge >= 0.3 is 0 Å². The molecule has 90 valence electrons. The van der Waals surface area contributed by atoms with Crippen LogP contribution >= 0.6 is 22.9 Å². The van der Waals surface area contributed by atoms with Crippen LogP contribution in [0, 0.1) is 0 Å². The zero-order valence-corrected chi connectivity index (χ0v) is 11.0. The summed E-state index contributed by atoms with van der Waals surface area (Å²) in [6.07, 6.45) is 3.44. The summed E-state index contributed by atoms with van der Waals surface area (Å²) in [6, 6.07) is 9.68. The summed E-state index contributed by atoms with van der Waals surface area (Å²) in [5.74, 6) is 0.777. The number of nitrogens with zero attached hydrogens (tertiary/aromatic N) is 1. The molecule has 0 spiro atoms. The van der Waals surface area contributed by atoms with Crippen LogP contribution in [0.1, 0.15) is 5.56 Å². The van der Waals surface area contributed by atoms with E-state index in [1.54, 1.807) is 23.7 Å². The topological polar surface area (TPSA) is 22.1 Å². The molecule has 0 aliphatic rings. The van der Waals surface area contributed by atoms with E-state index in [1.165, 1.54) is 4.70 Å². The first-order chi connectivity index (χ1) is 8.83. The van der Waals surface area contributed by atoms with E-state index < -0.39 is 0 Å². The fraction of sp³-hybridized carbons (Fsp3) is 0.0714. The van der Waals surface area contributed by atoms with E-state index in [9.17, 15) is 0 Å². The molecule has 0 fully saturated rings. The first-order valence-corrected chi connectivity index (χ1v) is 6.77. The zero-order chi connectivity index (χ0) is 12.4. The van der Waals surface area contributed by atoms with Crippen molar-refractivity contribution in [3.8, 4) is 5.75 Å². The van der Waals surface area contributed by atoms with Crippen LogP contribution < -0.4 is 4.74 Å². The Morgan fingerprint density at radius 2 is 2.22 bits per heavy atom. The Balaban J connectivity index is 1.85. The van der Waals surface area contributed by atoms with Crippen LogP contribution in [0.4, 0.5) is 0 Å². The number of ether oxygens (including phenoxy) is 1. The second-order valence-electron chi connectivity index (χ2n) is 3.88. The molecular weight excluding hydrogens is 266 g/mol. The lowest BCUT2D eigenvalue weighted by atomic mass is 10.2. The summed E-state index contributed by atoms with van der Waals surface area (Å²) in [5, 5.41) is 4.03. The minimum Gasteiger partial charge on any atom is -0.487 e. The predicted molar refractivity (Wildman–Crippen MR) is 75.4 cm³/mol. The maximum atomic E-state index is 6.02. The van der Waals surface area contributed by atoms with Gasteiger partial charge in [0.2, 0.25) is 0 Å². The van der Waals surface area contributed by atoms with Crippen molar-refractivity contribution in [2.75, 3.05) is 0 Å². The second-order valence-corrected chi connectivity index (χ2v) is 5.23. The molecule has 0 unspecified atom stereocenters. The van der Waals surface area contributed by atoms with E-state index in [-0.39, 0.29) is 0 Å². The van der Waals surface area contributed by atoms with Gasteiger partial charge in [-0.05, 0) is 35.7 Å². The Morgan fingerprint density at radius 3 is 3.06 bits per heavy atom. The van der Waals surface area contributed by atoms with Gasteiger partial charge in [-0.15, -0.1) is 11.3 Å². The molecule has 0 saturated heterocycles. The number of thiophene rings is 1. The number of hydrogen-bond donors (Lipinski definition) is 0. The Morgan fingerprint density at radius 1 is 1.28 bits per heavy atom. The third kappa shape index (κ3) is 2.33. The summed E-state index contributed by atoms with van der Waals surface area (Å²) in [5.41, 5.74) is 1.15. The Bertz CT molecular complexity index is 666. The van der Waals surface area contributed by atoms with E-state index in [0.29, 0.717) is 6.61 Å². The van der Waals surface area contributed by atoms with Gasteiger partial charge in [-0.3, -0.25) is 4.98 Å². The highest BCUT2D eigenvalue weighted by Gasteiger charge is 2.05. The fourth-order valence-electron chi connectivity index (χ4n) is 1.76. The van der Waals surface area contributed by atoms with Crippen molar-refractivity contribution in [1.29, 1.82) is 0 Å². The minimum atomic E-state index is 0.534. The summed E-state index contributed by atoms with van der Waals surface area (Å²) in [7, 11) is 0. The molecule has 1 aromatic carbocycles. The van der Waals surface area contributed by atoms with Gasteiger partial charge in [-0.1, -0.05) is 11.6 Å². The van der Waals surface area contributed by atoms with Crippen molar-refractivity contribution < 1.29 is 4.74 Å². The standard InChI is InChI=1S/C14H10ClNOS/c15-11-3-4-14-13(6-11)10(9-18-14)8-17-12-2-1-5-16-7-12/h1-7,9H,8H2. The molecule has 4 heteroatoms. The highest BCUT2D eigenvalue weighted by molar-refractivity contribution is 7.17. The smallest absolute Gasteiger partial charge is 0.138 e. The van der Waals surface area contributed by atoms with Crippen LogP contribution in [-0.2, 0) is 6.61 Å². The van der Waals surface area contributed by atoms with Crippen LogP contribution in [0.2, 0.25) is 5.02 Å². The highest BCUT2D eigenvalue weighted by Crippen LogP contribution is 2.29. The van der Waals surface area contributed by atoms with Crippen LogP contribution in [-0.4, -0.2) is 4.98 Å². The Hall–Kier alpha value is -1.58. The molecule has 18 heavy (non-hydrogen) atoms. The van der Waals surface area contributed by atoms with Gasteiger partial charge in [0.25, 0.3) is 0 Å². The summed E-state index contributed by atoms with van der Waals surface area (Å²) in [4.78, 5) is 4.02. The molecule has 0 atom stereocenters. The number of aromatic nitrogens is 1. The molecular formula is C14H10ClNOS. The van der Waals surface area contributed by atoms with Crippen LogP contribution in [0.15, 0.2) is 48.1 Å². The summed E-state index contributed by atoms with van der Waals surface area (Å²) >= 11 is 7.72. The average molecular weight is 276 g/mol. The third-order valence-electron chi connectivity index (χ3n) is 2.64. The maximum absolute atomic E-state index is 6.02. The SMILES string of the molecule is Clc1ccc2scc(COc3cccnc3)c2c1. The lowest BCUT2D eigenvalue weighted by Crippen LogP contribution is -1.94. The van der Waals surface area contributed by atoms with E-state index in [0.717, 1.165) is 21.7 Å². The normalized spacial score (nSPS) is 10.7. The number of pyridine rings is 1. The first kappa shape index (κ1) is 11.5. The number of rotatable bonds is 3. The van der Waals surface area contributed by atoms with E-state index >= 15 is 0 Å². The van der Waals surface area contributed by atoms with Gasteiger partial charge in [-0.2, -0.15) is 0 Å². The van der Waals surface area contributed by atoms with Crippen LogP contribution in [0.3, 0.4) is 0 Å². The monoisotopic (exact) mass is 275 g/mol. The van der Waals surface area contributed by atoms with Gasteiger partial charge in [0, 0.05) is 26.9 Å². The van der Waals surface area contributed by atoms with Gasteiger partial charge in [0.15, 0.2) is 0 Å². The molecule has 3 aromatic rings. The van der Waals surface area contributed by atoms with Crippen molar-refractivity contribution in [2.24, 2.45) is 0 Å². The van der Waals surface area contributed by atoms with Crippen LogP contribution in [0.5, 0.6) is 5.75 Å². The van der Waals surface area contributed by atoms with Gasteiger partial charge in [-0.25, -0.2) is 0 Å². The van der Waals surface area contributed by atoms with Gasteiger partial charge in [0.05, 0.1) is 6.20 Å². The lowest BCUT2D eigenvalue weighted by molar-refractivity contribution is 0.307. The van der Waals surface area contributed by atoms with E-state index in [1.807, 2.05) is 30.3 Å². The molecule has 0 N–H and O–H groups in total. The summed E-state index contributed by atoms with van der Waals surface area (Å²) in [6.45, 7) is 0.534. The molecule has 0 aliphatic heterocycles. The molecule has 2 heterocycles. The van der Waals surface area contributed by atoms with Gasteiger partial charge in [0.1, 0.15) is 12.4 Å². The lowest BCUT2D eigenvalue weighted by Gasteiger charge is -2.04. The quantitative estimate of drug-likeness (QED) is 0.701. The molecule has 2 nitrogen and oxygen atoms in total. The molecule has 0 bridgehead atoms. The largest absolute Gasteiger partial charge is 0.487 e. The van der Waals surface area contributed by atoms with Crippen LogP contribution in [0.25, 0.3) is 10.1 Å². The molecule has 0 radical (unpaired) electrons. The van der Waals surface area contributed by atoms with Crippen molar-refractivity contribution >= 4 is 33.0 Å². The molecule has 0 aliphatic carbocycles. The number of hydrogen-bond acceptors (Lipinski definition) is 3. The third-order valence-corrected chi connectivity index (χ3v) is 3.89. The van der Waals surface area contributed by atoms with Crippen molar-refractivity contribution in [2.45, 2.75) is 6.61 Å². The minimum absolute atomic E-state index is 0.534. The molecule has 2 aromatic heterocycles. The highest BCUT2D eigenvalue weighted by atomic mass is 35.5. The first-order valence-electron chi connectivity index (χ1n) is 5.51. The average Bonchev–Trinajstić information content (AvgIpc) is 2.80. The summed E-state index contributed by atoms with van der Waals surface area (Å²) < 4.78 is 6.93. The number of fused-ring (bicyclic) bond motifs is 1. The predicted octanol–water partition coefficient (Wildman–Crippen LogP) is 4.53. The van der Waals surface area contributed by atoms with E-state index in [4.69, 9.17) is 16.3 Å². The Labute approximate surface area is 114 Å². The fourth-order valence-corrected chi connectivity index (χ4v) is 2.86. The second kappa shape index (κ2) is 4.96. The number of halogens is 1. The van der Waals surface area contributed by atoms with Crippen molar-refractivity contribution in [3.05, 3.63) is 58.7 Å². The zero-order valence-electron chi connectivity index (χ0n) is 9.47.